The lowest BCUT2D eigenvalue weighted by atomic mass is 10.0. The Labute approximate surface area is 176 Å². The molecule has 0 aliphatic carbocycles. The zero-order valence-corrected chi connectivity index (χ0v) is 18.1. The Morgan fingerprint density at radius 3 is 2.73 bits per heavy atom. The number of nitrogens with one attached hydrogen (secondary N) is 1. The van der Waals surface area contributed by atoms with Gasteiger partial charge in [-0.1, -0.05) is 6.07 Å². The highest BCUT2D eigenvalue weighted by atomic mass is 15.3. The molecular formula is C24H27N6+. The fourth-order valence-electron chi connectivity index (χ4n) is 4.08. The second-order valence-electron chi connectivity index (χ2n) is 9.61. The van der Waals surface area contributed by atoms with Crippen LogP contribution in [0.5, 0.6) is 0 Å². The van der Waals surface area contributed by atoms with Gasteiger partial charge in [-0.05, 0) is 50.6 Å². The fourth-order valence-corrected chi connectivity index (χ4v) is 4.08. The van der Waals surface area contributed by atoms with E-state index in [2.05, 4.69) is 90.9 Å². The highest BCUT2D eigenvalue weighted by Gasteiger charge is 2.21. The molecule has 1 aromatic carbocycles. The fraction of sp³-hybridized carbons (Fsp3) is 0.292. The summed E-state index contributed by atoms with van der Waals surface area (Å²) in [5.41, 5.74) is 8.09. The molecule has 30 heavy (non-hydrogen) atoms. The molecule has 4 aromatic rings. The van der Waals surface area contributed by atoms with Crippen molar-refractivity contribution in [2.75, 3.05) is 20.6 Å². The van der Waals surface area contributed by atoms with Crippen molar-refractivity contribution in [1.82, 2.24) is 24.5 Å². The number of H-pyrrole nitrogens is 1. The van der Waals surface area contributed by atoms with E-state index >= 15 is 0 Å². The third-order valence-corrected chi connectivity index (χ3v) is 5.66. The molecule has 152 valence electrons. The molecule has 0 saturated heterocycles. The van der Waals surface area contributed by atoms with E-state index < -0.39 is 0 Å². The largest absolute Gasteiger partial charge is 0.344 e. The van der Waals surface area contributed by atoms with Gasteiger partial charge >= 0.3 is 0 Å². The van der Waals surface area contributed by atoms with Crippen molar-refractivity contribution in [2.24, 2.45) is 0 Å². The zero-order valence-electron chi connectivity index (χ0n) is 18.1. The van der Waals surface area contributed by atoms with Crippen LogP contribution in [-0.2, 0) is 5.54 Å². The zero-order chi connectivity index (χ0) is 21.1. The number of quaternary nitrogens is 1. The van der Waals surface area contributed by atoms with Crippen LogP contribution in [0.25, 0.3) is 38.9 Å². The number of aromatic nitrogens is 5. The number of benzene rings is 1. The maximum absolute atomic E-state index is 5.01. The summed E-state index contributed by atoms with van der Waals surface area (Å²) in [7, 11) is 4.37. The van der Waals surface area contributed by atoms with E-state index in [1.54, 1.807) is 0 Å². The van der Waals surface area contributed by atoms with Crippen LogP contribution in [0.15, 0.2) is 55.3 Å². The van der Waals surface area contributed by atoms with Crippen LogP contribution in [0, 0.1) is 0 Å². The topological polar surface area (TPSA) is 59.4 Å². The maximum atomic E-state index is 5.01. The number of aromatic amines is 1. The van der Waals surface area contributed by atoms with E-state index in [-0.39, 0.29) is 5.54 Å². The maximum Gasteiger partial charge on any atom is 0.156 e. The number of likely N-dealkylation sites (N-methyl/N-ethyl adjacent to an activating group) is 1. The first-order valence-corrected chi connectivity index (χ1v) is 10.2. The number of fused-ring (bicyclic) bond motifs is 2. The first-order valence-electron chi connectivity index (χ1n) is 10.2. The van der Waals surface area contributed by atoms with Gasteiger partial charge in [0.05, 0.1) is 49.5 Å². The van der Waals surface area contributed by atoms with Crippen LogP contribution in [0.2, 0.25) is 0 Å². The first-order chi connectivity index (χ1) is 14.2. The summed E-state index contributed by atoms with van der Waals surface area (Å²) in [6, 6.07) is 6.40. The van der Waals surface area contributed by atoms with Crippen molar-refractivity contribution in [3.63, 3.8) is 0 Å². The Bertz CT molecular complexity index is 1330. The minimum absolute atomic E-state index is 0.0351. The lowest BCUT2D eigenvalue weighted by molar-refractivity contribution is -0.831. The molecule has 6 heteroatoms. The molecule has 0 saturated carbocycles. The van der Waals surface area contributed by atoms with Crippen LogP contribution in [-0.4, -0.2) is 49.6 Å². The molecule has 0 bridgehead atoms. The third kappa shape index (κ3) is 3.13. The average Bonchev–Trinajstić information content (AvgIpc) is 3.30. The van der Waals surface area contributed by atoms with Gasteiger partial charge in [0.15, 0.2) is 5.65 Å². The molecule has 0 amide bonds. The van der Waals surface area contributed by atoms with Gasteiger partial charge < -0.3 is 9.55 Å². The summed E-state index contributed by atoms with van der Waals surface area (Å²) in [4.78, 5) is 17.5. The summed E-state index contributed by atoms with van der Waals surface area (Å²) in [5.74, 6) is 0. The molecule has 1 aliphatic heterocycles. The van der Waals surface area contributed by atoms with Crippen molar-refractivity contribution in [3.05, 3.63) is 61.0 Å². The molecule has 6 nitrogen and oxygen atoms in total. The predicted molar refractivity (Wildman–Crippen MR) is 122 cm³/mol. The molecule has 0 unspecified atom stereocenters. The molecule has 0 fully saturated rings. The average molecular weight is 400 g/mol. The molecule has 3 aromatic heterocycles. The molecule has 0 atom stereocenters. The standard InChI is InChI=1S/C24H27N6/c1-24(2,3)29-15-27-19-9-8-16(11-21(19)29)18-12-25-23-22(18)28-20(13-26-23)17-7-6-10-30(4,5)14-17/h6-13,15H,14H2,1-5H3,(H,25,26)/q+1. The van der Waals surface area contributed by atoms with E-state index in [9.17, 15) is 0 Å². The van der Waals surface area contributed by atoms with Crippen LogP contribution in [0.1, 0.15) is 26.5 Å². The number of hydrogen-bond acceptors (Lipinski definition) is 3. The van der Waals surface area contributed by atoms with Gasteiger partial charge in [-0.25, -0.2) is 15.0 Å². The van der Waals surface area contributed by atoms with Crippen LogP contribution in [0.4, 0.5) is 0 Å². The summed E-state index contributed by atoms with van der Waals surface area (Å²) >= 11 is 0. The van der Waals surface area contributed by atoms with E-state index in [0.29, 0.717) is 0 Å². The van der Waals surface area contributed by atoms with Gasteiger partial charge in [-0.2, -0.15) is 0 Å². The summed E-state index contributed by atoms with van der Waals surface area (Å²) in [5, 5.41) is 0. The van der Waals surface area contributed by atoms with Crippen molar-refractivity contribution < 1.29 is 4.48 Å². The number of rotatable bonds is 2. The minimum atomic E-state index is -0.0351. The Morgan fingerprint density at radius 1 is 1.13 bits per heavy atom. The second kappa shape index (κ2) is 6.37. The SMILES string of the molecule is CC(C)(C)n1cnc2ccc(-c3c[nH]c4ncc(C5=CC=C[N+](C)(C)C5)nc34)cc21. The van der Waals surface area contributed by atoms with Crippen molar-refractivity contribution in [2.45, 2.75) is 26.3 Å². The Balaban J connectivity index is 1.63. The number of imidazole rings is 1. The number of nitrogens with zero attached hydrogens (tertiary/aromatic N) is 5. The number of allylic oxidation sites excluding steroid dienone is 2. The van der Waals surface area contributed by atoms with E-state index in [0.717, 1.165) is 50.0 Å². The predicted octanol–water partition coefficient (Wildman–Crippen LogP) is 4.72. The third-order valence-electron chi connectivity index (χ3n) is 5.66. The summed E-state index contributed by atoms with van der Waals surface area (Å²) in [6.45, 7) is 7.47. The molecule has 1 N–H and O–H groups in total. The smallest absolute Gasteiger partial charge is 0.156 e. The molecular weight excluding hydrogens is 372 g/mol. The summed E-state index contributed by atoms with van der Waals surface area (Å²) in [6.07, 6.45) is 12.2. The van der Waals surface area contributed by atoms with Crippen molar-refractivity contribution in [1.29, 1.82) is 0 Å². The first kappa shape index (κ1) is 18.8. The van der Waals surface area contributed by atoms with Crippen molar-refractivity contribution in [3.8, 4) is 11.1 Å². The Hall–Kier alpha value is -3.25. The molecule has 4 heterocycles. The normalized spacial score (nSPS) is 16.4. The minimum Gasteiger partial charge on any atom is -0.344 e. The van der Waals surface area contributed by atoms with E-state index in [1.165, 1.54) is 5.57 Å². The number of hydrogen-bond donors (Lipinski definition) is 1. The lowest BCUT2D eigenvalue weighted by Crippen LogP contribution is -2.36. The Kier molecular flexibility index (Phi) is 3.98. The molecule has 0 radical (unpaired) electrons. The van der Waals surface area contributed by atoms with Gasteiger partial charge in [0.25, 0.3) is 0 Å². The van der Waals surface area contributed by atoms with Crippen LogP contribution >= 0.6 is 0 Å². The highest BCUT2D eigenvalue weighted by molar-refractivity contribution is 5.94. The van der Waals surface area contributed by atoms with Crippen molar-refractivity contribution >= 4 is 27.8 Å². The van der Waals surface area contributed by atoms with Gasteiger partial charge in [-0.15, -0.1) is 0 Å². The van der Waals surface area contributed by atoms with Gasteiger partial charge in [0, 0.05) is 22.9 Å². The summed E-state index contributed by atoms with van der Waals surface area (Å²) < 4.78 is 3.02. The lowest BCUT2D eigenvalue weighted by Gasteiger charge is -2.28. The molecule has 5 rings (SSSR count). The molecule has 1 aliphatic rings. The quantitative estimate of drug-likeness (QED) is 0.496. The van der Waals surface area contributed by atoms with Gasteiger partial charge in [0.1, 0.15) is 12.1 Å². The van der Waals surface area contributed by atoms with E-state index in [4.69, 9.17) is 4.98 Å². The monoisotopic (exact) mass is 399 g/mol. The van der Waals surface area contributed by atoms with E-state index in [1.807, 2.05) is 18.7 Å². The molecule has 0 spiro atoms. The highest BCUT2D eigenvalue weighted by Crippen LogP contribution is 2.31. The van der Waals surface area contributed by atoms with Crippen LogP contribution < -0.4 is 0 Å². The van der Waals surface area contributed by atoms with Crippen LogP contribution in [0.3, 0.4) is 0 Å². The van der Waals surface area contributed by atoms with Gasteiger partial charge in [0.2, 0.25) is 0 Å². The van der Waals surface area contributed by atoms with Gasteiger partial charge in [-0.3, -0.25) is 4.48 Å². The Morgan fingerprint density at radius 2 is 1.97 bits per heavy atom. The second-order valence-corrected chi connectivity index (χ2v) is 9.61.